The number of benzene rings is 1. The molecule has 0 unspecified atom stereocenters. The van der Waals surface area contributed by atoms with Crippen LogP contribution in [0.2, 0.25) is 0 Å². The van der Waals surface area contributed by atoms with Crippen LogP contribution in [-0.2, 0) is 11.3 Å². The standard InChI is InChI=1S/C22H32N6O2.HI/c1-4-23-22(24-9-10-27-11-13-28(14-12-27)18(3)29)25-15-20-16-30-21(26-20)19-7-5-17(2)6-8-19;/h5-8,16H,4,9-15H2,1-3H3,(H2,23,24,25);1H. The molecule has 1 aromatic heterocycles. The summed E-state index contributed by atoms with van der Waals surface area (Å²) in [6, 6.07) is 8.11. The minimum Gasteiger partial charge on any atom is -0.444 e. The van der Waals surface area contributed by atoms with Crippen molar-refractivity contribution in [2.45, 2.75) is 27.3 Å². The van der Waals surface area contributed by atoms with Crippen LogP contribution < -0.4 is 10.6 Å². The van der Waals surface area contributed by atoms with Gasteiger partial charge >= 0.3 is 0 Å². The molecule has 1 amide bonds. The van der Waals surface area contributed by atoms with E-state index in [0.717, 1.165) is 63.0 Å². The fourth-order valence-corrected chi connectivity index (χ4v) is 3.33. The highest BCUT2D eigenvalue weighted by atomic mass is 127. The molecule has 3 rings (SSSR count). The summed E-state index contributed by atoms with van der Waals surface area (Å²) >= 11 is 0. The zero-order valence-electron chi connectivity index (χ0n) is 18.6. The van der Waals surface area contributed by atoms with Crippen LogP contribution in [0.1, 0.15) is 25.1 Å². The average Bonchev–Trinajstić information content (AvgIpc) is 3.22. The molecule has 2 aromatic rings. The van der Waals surface area contributed by atoms with Gasteiger partial charge in [0, 0.05) is 58.3 Å². The maximum absolute atomic E-state index is 11.4. The Balaban J connectivity index is 0.00000341. The molecular formula is C22H33IN6O2. The number of piperazine rings is 1. The van der Waals surface area contributed by atoms with Gasteiger partial charge in [0.2, 0.25) is 11.8 Å². The van der Waals surface area contributed by atoms with Crippen LogP contribution in [0.3, 0.4) is 0 Å². The Morgan fingerprint density at radius 2 is 1.87 bits per heavy atom. The van der Waals surface area contributed by atoms with Crippen LogP contribution in [0.5, 0.6) is 0 Å². The molecule has 1 aliphatic rings. The van der Waals surface area contributed by atoms with Gasteiger partial charge < -0.3 is 20.0 Å². The van der Waals surface area contributed by atoms with Gasteiger partial charge in [0.15, 0.2) is 5.96 Å². The molecule has 31 heavy (non-hydrogen) atoms. The van der Waals surface area contributed by atoms with Crippen LogP contribution in [0.25, 0.3) is 11.5 Å². The number of hydrogen-bond donors (Lipinski definition) is 2. The normalized spacial score (nSPS) is 14.8. The highest BCUT2D eigenvalue weighted by Gasteiger charge is 2.18. The summed E-state index contributed by atoms with van der Waals surface area (Å²) in [4.78, 5) is 24.9. The van der Waals surface area contributed by atoms with E-state index < -0.39 is 0 Å². The lowest BCUT2D eigenvalue weighted by Crippen LogP contribution is -2.50. The number of nitrogens with zero attached hydrogens (tertiary/aromatic N) is 4. The van der Waals surface area contributed by atoms with Crippen molar-refractivity contribution in [3.8, 4) is 11.5 Å². The van der Waals surface area contributed by atoms with Crippen molar-refractivity contribution in [1.82, 2.24) is 25.4 Å². The van der Waals surface area contributed by atoms with Gasteiger partial charge in [0.25, 0.3) is 0 Å². The third-order valence-corrected chi connectivity index (χ3v) is 5.13. The lowest BCUT2D eigenvalue weighted by atomic mass is 10.1. The van der Waals surface area contributed by atoms with Gasteiger partial charge in [-0.25, -0.2) is 9.98 Å². The Morgan fingerprint density at radius 1 is 1.16 bits per heavy atom. The van der Waals surface area contributed by atoms with E-state index in [0.29, 0.717) is 12.4 Å². The zero-order valence-corrected chi connectivity index (χ0v) is 20.9. The van der Waals surface area contributed by atoms with E-state index in [-0.39, 0.29) is 29.9 Å². The quantitative estimate of drug-likeness (QED) is 0.319. The van der Waals surface area contributed by atoms with Gasteiger partial charge in [-0.1, -0.05) is 17.7 Å². The van der Waals surface area contributed by atoms with E-state index >= 15 is 0 Å². The topological polar surface area (TPSA) is 86.0 Å². The second kappa shape index (κ2) is 12.7. The number of carbonyl (C=O) groups is 1. The summed E-state index contributed by atoms with van der Waals surface area (Å²) in [5.41, 5.74) is 2.96. The molecule has 9 heteroatoms. The van der Waals surface area contributed by atoms with Gasteiger partial charge in [-0.2, -0.15) is 0 Å². The highest BCUT2D eigenvalue weighted by molar-refractivity contribution is 14.0. The van der Waals surface area contributed by atoms with E-state index in [1.807, 2.05) is 36.1 Å². The Labute approximate surface area is 201 Å². The third kappa shape index (κ3) is 7.80. The van der Waals surface area contributed by atoms with Crippen molar-refractivity contribution in [1.29, 1.82) is 0 Å². The van der Waals surface area contributed by atoms with E-state index in [4.69, 9.17) is 4.42 Å². The number of amides is 1. The van der Waals surface area contributed by atoms with Gasteiger partial charge in [-0.15, -0.1) is 24.0 Å². The van der Waals surface area contributed by atoms with Crippen molar-refractivity contribution in [3.05, 3.63) is 41.8 Å². The Kier molecular flexibility index (Phi) is 10.3. The molecular weight excluding hydrogens is 507 g/mol. The SMILES string of the molecule is CCNC(=NCc1coc(-c2ccc(C)cc2)n1)NCCN1CCN(C(C)=O)CC1.I. The van der Waals surface area contributed by atoms with Crippen molar-refractivity contribution in [2.24, 2.45) is 4.99 Å². The number of aryl methyl sites for hydroxylation is 1. The van der Waals surface area contributed by atoms with E-state index in [1.165, 1.54) is 5.56 Å². The molecule has 1 fully saturated rings. The predicted molar refractivity (Wildman–Crippen MR) is 134 cm³/mol. The average molecular weight is 540 g/mol. The second-order valence-corrected chi connectivity index (χ2v) is 7.48. The fraction of sp³-hybridized carbons (Fsp3) is 0.500. The van der Waals surface area contributed by atoms with Gasteiger partial charge in [0.05, 0.1) is 6.54 Å². The molecule has 8 nitrogen and oxygen atoms in total. The number of aliphatic imine (C=N–C) groups is 1. The van der Waals surface area contributed by atoms with Crippen LogP contribution in [0.4, 0.5) is 0 Å². The van der Waals surface area contributed by atoms with Crippen molar-refractivity contribution in [2.75, 3.05) is 45.8 Å². The third-order valence-electron chi connectivity index (χ3n) is 5.13. The number of guanidine groups is 1. The lowest BCUT2D eigenvalue weighted by Gasteiger charge is -2.34. The second-order valence-electron chi connectivity index (χ2n) is 7.48. The first kappa shape index (κ1) is 25.1. The zero-order chi connectivity index (χ0) is 21.3. The molecule has 2 N–H and O–H groups in total. The summed E-state index contributed by atoms with van der Waals surface area (Å²) < 4.78 is 5.61. The van der Waals surface area contributed by atoms with Crippen LogP contribution >= 0.6 is 24.0 Å². The first-order valence-electron chi connectivity index (χ1n) is 10.6. The number of hydrogen-bond acceptors (Lipinski definition) is 5. The van der Waals surface area contributed by atoms with Crippen LogP contribution in [0, 0.1) is 6.92 Å². The monoisotopic (exact) mass is 540 g/mol. The maximum atomic E-state index is 11.4. The highest BCUT2D eigenvalue weighted by Crippen LogP contribution is 2.19. The molecule has 0 atom stereocenters. The van der Waals surface area contributed by atoms with Gasteiger partial charge in [0.1, 0.15) is 12.0 Å². The lowest BCUT2D eigenvalue weighted by molar-refractivity contribution is -0.130. The number of carbonyl (C=O) groups excluding carboxylic acids is 1. The van der Waals surface area contributed by atoms with Crippen molar-refractivity contribution in [3.63, 3.8) is 0 Å². The molecule has 1 saturated heterocycles. The summed E-state index contributed by atoms with van der Waals surface area (Å²) in [6.07, 6.45) is 1.66. The predicted octanol–water partition coefficient (Wildman–Crippen LogP) is 2.49. The number of aromatic nitrogens is 1. The van der Waals surface area contributed by atoms with Crippen LogP contribution in [0.15, 0.2) is 39.9 Å². The van der Waals surface area contributed by atoms with Gasteiger partial charge in [-0.3, -0.25) is 9.69 Å². The molecule has 0 aliphatic carbocycles. The summed E-state index contributed by atoms with van der Waals surface area (Å²) in [7, 11) is 0. The summed E-state index contributed by atoms with van der Waals surface area (Å²) in [5, 5.41) is 6.64. The number of oxazole rings is 1. The van der Waals surface area contributed by atoms with Crippen molar-refractivity contribution >= 4 is 35.8 Å². The Bertz CT molecular complexity index is 844. The van der Waals surface area contributed by atoms with Gasteiger partial charge in [-0.05, 0) is 26.0 Å². The molecule has 0 bridgehead atoms. The molecule has 0 spiro atoms. The molecule has 0 saturated carbocycles. The number of rotatable bonds is 7. The fourth-order valence-electron chi connectivity index (χ4n) is 3.33. The molecule has 0 radical (unpaired) electrons. The first-order chi connectivity index (χ1) is 14.5. The minimum absolute atomic E-state index is 0. The minimum atomic E-state index is 0. The Hall–Kier alpha value is -2.14. The molecule has 1 aromatic carbocycles. The Morgan fingerprint density at radius 3 is 2.52 bits per heavy atom. The van der Waals surface area contributed by atoms with Crippen LogP contribution in [-0.4, -0.2) is 72.5 Å². The smallest absolute Gasteiger partial charge is 0.226 e. The first-order valence-corrected chi connectivity index (χ1v) is 10.6. The number of nitrogens with one attached hydrogen (secondary N) is 2. The molecule has 170 valence electrons. The summed E-state index contributed by atoms with van der Waals surface area (Å²) in [6.45, 7) is 12.1. The maximum Gasteiger partial charge on any atom is 0.226 e. The summed E-state index contributed by atoms with van der Waals surface area (Å²) in [5.74, 6) is 1.54. The molecule has 1 aliphatic heterocycles. The molecule has 2 heterocycles. The van der Waals surface area contributed by atoms with E-state index in [1.54, 1.807) is 13.2 Å². The van der Waals surface area contributed by atoms with Crippen molar-refractivity contribution < 1.29 is 9.21 Å². The number of halogens is 1. The van der Waals surface area contributed by atoms with E-state index in [9.17, 15) is 4.79 Å². The van der Waals surface area contributed by atoms with E-state index in [2.05, 4.69) is 32.4 Å². The largest absolute Gasteiger partial charge is 0.444 e.